The normalized spacial score (nSPS) is 32.3. The third-order valence-corrected chi connectivity index (χ3v) is 15.0. The number of alkyl carbamates (subject to hydrolysis) is 2. The highest BCUT2D eigenvalue weighted by molar-refractivity contribution is 5.88. The van der Waals surface area contributed by atoms with E-state index in [1.807, 2.05) is 98.3 Å². The van der Waals surface area contributed by atoms with E-state index in [2.05, 4.69) is 20.6 Å². The lowest BCUT2D eigenvalue weighted by Crippen LogP contribution is -2.61. The number of likely N-dealkylation sites (N-methyl/N-ethyl adjacent to an activating group) is 1. The first-order valence-electron chi connectivity index (χ1n) is 25.3. The van der Waals surface area contributed by atoms with Crippen molar-refractivity contribution in [3.63, 3.8) is 0 Å². The molecule has 0 saturated carbocycles. The summed E-state index contributed by atoms with van der Waals surface area (Å²) in [5.74, 6) is -5.17. The largest absolute Gasteiger partial charge is 0.461 e. The molecule has 0 unspecified atom stereocenters. The van der Waals surface area contributed by atoms with E-state index in [0.717, 1.165) is 22.0 Å². The Kier molecular flexibility index (Phi) is 17.1. The molecule has 3 N–H and O–H groups in total. The molecule has 0 radical (unpaired) electrons. The van der Waals surface area contributed by atoms with Gasteiger partial charge in [-0.2, -0.15) is 0 Å². The number of ketones is 1. The molecule has 0 aliphatic carbocycles. The summed E-state index contributed by atoms with van der Waals surface area (Å²) in [5.41, 5.74) is 0.0278. The maximum atomic E-state index is 14.8. The summed E-state index contributed by atoms with van der Waals surface area (Å²) in [7, 11) is 5.56. The number of para-hydroxylation sites is 1. The second-order valence-corrected chi connectivity index (χ2v) is 20.7. The van der Waals surface area contributed by atoms with Gasteiger partial charge in [0.05, 0.1) is 24.5 Å². The van der Waals surface area contributed by atoms with Crippen LogP contribution in [0.25, 0.3) is 28.4 Å². The van der Waals surface area contributed by atoms with E-state index in [9.17, 15) is 29.1 Å². The number of amides is 2. The number of nitrogens with one attached hydrogen (secondary N) is 2. The predicted octanol–water partition coefficient (Wildman–Crippen LogP) is 6.81. The molecule has 3 fully saturated rings. The Hall–Kier alpha value is -6.21. The van der Waals surface area contributed by atoms with Crippen LogP contribution in [0.15, 0.2) is 79.3 Å². The lowest BCUT2D eigenvalue weighted by Gasteiger charge is -2.48. The van der Waals surface area contributed by atoms with Gasteiger partial charge in [0, 0.05) is 72.4 Å². The molecule has 0 spiro atoms. The average Bonchev–Trinajstić information content (AvgIpc) is 3.85. The molecule has 3 aliphatic rings. The van der Waals surface area contributed by atoms with E-state index in [1.54, 1.807) is 73.0 Å². The second-order valence-electron chi connectivity index (χ2n) is 20.7. The number of aliphatic hydroxyl groups excluding tert-OH is 1. The summed E-state index contributed by atoms with van der Waals surface area (Å²) in [4.78, 5) is 82.0. The summed E-state index contributed by atoms with van der Waals surface area (Å²) >= 11 is 0. The zero-order valence-corrected chi connectivity index (χ0v) is 43.8. The summed E-state index contributed by atoms with van der Waals surface area (Å²) in [6, 6.07) is 15.6. The first-order valence-corrected chi connectivity index (χ1v) is 25.3. The number of carbonyl (C=O) groups excluding carboxylic acids is 5. The molecule has 18 heteroatoms. The van der Waals surface area contributed by atoms with Gasteiger partial charge in [-0.15, -0.1) is 0 Å². The fourth-order valence-corrected chi connectivity index (χ4v) is 11.1. The number of carbonyl (C=O) groups is 5. The molecule has 18 nitrogen and oxygen atoms in total. The monoisotopic (exact) mass is 1010 g/mol. The maximum absolute atomic E-state index is 14.8. The van der Waals surface area contributed by atoms with Crippen LogP contribution in [0.3, 0.4) is 0 Å². The van der Waals surface area contributed by atoms with E-state index in [0.29, 0.717) is 17.8 Å². The lowest BCUT2D eigenvalue weighted by atomic mass is 9.73. The Morgan fingerprint density at radius 2 is 1.68 bits per heavy atom. The van der Waals surface area contributed by atoms with Crippen molar-refractivity contribution in [3.05, 3.63) is 90.4 Å². The number of aliphatic hydroxyl groups is 1. The first-order chi connectivity index (χ1) is 34.6. The quantitative estimate of drug-likeness (QED) is 0.0981. The van der Waals surface area contributed by atoms with Gasteiger partial charge in [-0.05, 0) is 84.3 Å². The van der Waals surface area contributed by atoms with Crippen LogP contribution in [0.1, 0.15) is 85.8 Å². The van der Waals surface area contributed by atoms with Crippen LogP contribution in [0.4, 0.5) is 9.59 Å². The van der Waals surface area contributed by atoms with Gasteiger partial charge in [-0.25, -0.2) is 19.6 Å². The van der Waals surface area contributed by atoms with Gasteiger partial charge in [0.1, 0.15) is 35.8 Å². The molecule has 2 aromatic heterocycles. The number of hydrogen-bond donors (Lipinski definition) is 3. The highest BCUT2D eigenvalue weighted by atomic mass is 16.7. The third kappa shape index (κ3) is 12.1. The molecule has 5 heterocycles. The first kappa shape index (κ1) is 54.6. The van der Waals surface area contributed by atoms with Crippen molar-refractivity contribution in [2.45, 2.75) is 141 Å². The lowest BCUT2D eigenvalue weighted by molar-refractivity contribution is -0.298. The van der Waals surface area contributed by atoms with Gasteiger partial charge in [0.2, 0.25) is 0 Å². The van der Waals surface area contributed by atoms with Crippen LogP contribution in [-0.2, 0) is 56.3 Å². The van der Waals surface area contributed by atoms with Crippen molar-refractivity contribution >= 4 is 46.9 Å². The zero-order chi connectivity index (χ0) is 52.9. The Morgan fingerprint density at radius 3 is 2.37 bits per heavy atom. The molecular formula is C55H72N6O12. The number of aromatic nitrogens is 3. The summed E-state index contributed by atoms with van der Waals surface area (Å²) < 4.78 is 40.4. The number of cyclic esters (lactones) is 1. The number of hydrogen-bond acceptors (Lipinski definition) is 15. The number of Topliss-reactive ketones (excluding diaryl/α,β-unsaturated/α-hetero) is 1. The highest BCUT2D eigenvalue weighted by Crippen LogP contribution is 2.42. The minimum Gasteiger partial charge on any atom is -0.461 e. The highest BCUT2D eigenvalue weighted by Gasteiger charge is 2.58. The molecular weight excluding hydrogens is 937 g/mol. The van der Waals surface area contributed by atoms with Crippen molar-refractivity contribution in [1.29, 1.82) is 0 Å². The molecule has 0 bridgehead atoms. The zero-order valence-electron chi connectivity index (χ0n) is 43.8. The standard InChI is InChI=1S/C55H72N6O12/c1-12-42-55(8)47(59-53(67)73-55)33(4)44(63)31(2)29-54(7,72-52(66)58-24-15-17-36-20-22-37(23-21-36)49-56-25-16-26-57-49)48(71-51-45(64)41(60(9)10)27-32(3)68-51)34(5)46(35(6)50(65)69-42)70-43(62)28-38-30-61(11)40-19-14-13-18-39(38)40/h13-23,25-26,30-35,41-42,45-48,51,64H,12,24,27-29H2,1-11H3,(H,58,66)(H,59,67)/t31-,32-,33+,34+,35-,41+,42-,45-,46+,47-,48-,51+,54-,55-/m1/s1. The van der Waals surface area contributed by atoms with Crippen LogP contribution in [0.5, 0.6) is 0 Å². The van der Waals surface area contributed by atoms with E-state index < -0.39 is 108 Å². The Labute approximate surface area is 427 Å². The summed E-state index contributed by atoms with van der Waals surface area (Å²) in [6.07, 6.45) is 0.873. The number of aryl methyl sites for hydroxylation is 1. The van der Waals surface area contributed by atoms with Gasteiger partial charge in [0.25, 0.3) is 0 Å². The van der Waals surface area contributed by atoms with Crippen molar-refractivity contribution < 1.29 is 57.5 Å². The molecule has 394 valence electrons. The third-order valence-electron chi connectivity index (χ3n) is 15.0. The minimum absolute atomic E-state index is 0.0351. The van der Waals surface area contributed by atoms with E-state index in [4.69, 9.17) is 28.4 Å². The van der Waals surface area contributed by atoms with Gasteiger partial charge in [-0.1, -0.05) is 82.3 Å². The topological polar surface area (TPSA) is 219 Å². The van der Waals surface area contributed by atoms with Crippen LogP contribution < -0.4 is 10.6 Å². The Morgan fingerprint density at radius 1 is 0.986 bits per heavy atom. The fourth-order valence-electron chi connectivity index (χ4n) is 11.1. The SMILES string of the molecule is CC[C@H]1OC(=O)[C@H](C)[C@@H](OC(=O)Cc2cn(C)c3ccccc23)[C@H](C)[C@@H](O[C@@H]2O[C@H](C)C[C@H](N(C)C)[C@H]2O)[C@](C)(OC(=O)NCC=Cc2ccc(-c3ncccn3)cc2)C[C@@H](C)C(=O)[C@H](C)[C@H]2NC(=O)O[C@@]21C. The molecule has 14 atom stereocenters. The van der Waals surface area contributed by atoms with Gasteiger partial charge >= 0.3 is 24.1 Å². The maximum Gasteiger partial charge on any atom is 0.408 e. The number of nitrogens with zero attached hydrogens (tertiary/aromatic N) is 4. The molecule has 2 aromatic carbocycles. The smallest absolute Gasteiger partial charge is 0.408 e. The van der Waals surface area contributed by atoms with Crippen molar-refractivity contribution in [2.75, 3.05) is 20.6 Å². The number of fused-ring (bicyclic) bond motifs is 2. The molecule has 3 aliphatic heterocycles. The van der Waals surface area contributed by atoms with Gasteiger partial charge in [-0.3, -0.25) is 14.4 Å². The number of ether oxygens (including phenoxy) is 6. The van der Waals surface area contributed by atoms with Crippen LogP contribution in [-0.4, -0.2) is 135 Å². The van der Waals surface area contributed by atoms with Crippen molar-refractivity contribution in [2.24, 2.45) is 30.7 Å². The second kappa shape index (κ2) is 22.9. The summed E-state index contributed by atoms with van der Waals surface area (Å²) in [5, 5.41) is 18.4. The number of benzene rings is 2. The van der Waals surface area contributed by atoms with Gasteiger partial charge in [0.15, 0.2) is 17.7 Å². The van der Waals surface area contributed by atoms with E-state index in [1.165, 1.54) is 0 Å². The average molecular weight is 1010 g/mol. The molecule has 4 aromatic rings. The number of esters is 2. The van der Waals surface area contributed by atoms with Crippen LogP contribution >= 0.6 is 0 Å². The fraction of sp³-hybridized carbons (Fsp3) is 0.545. The molecule has 3 saturated heterocycles. The van der Waals surface area contributed by atoms with Crippen molar-refractivity contribution in [1.82, 2.24) is 30.1 Å². The minimum atomic E-state index is -1.78. The summed E-state index contributed by atoms with van der Waals surface area (Å²) in [6.45, 7) is 13.6. The molecule has 73 heavy (non-hydrogen) atoms. The molecule has 2 amide bonds. The van der Waals surface area contributed by atoms with Crippen LogP contribution in [0, 0.1) is 23.7 Å². The van der Waals surface area contributed by atoms with Crippen LogP contribution in [0.2, 0.25) is 0 Å². The van der Waals surface area contributed by atoms with Crippen molar-refractivity contribution in [3.8, 4) is 11.4 Å². The molecule has 7 rings (SSSR count). The predicted molar refractivity (Wildman–Crippen MR) is 271 cm³/mol. The Bertz CT molecular complexity index is 2630. The Balaban J connectivity index is 1.28. The number of rotatable bonds is 12. The van der Waals surface area contributed by atoms with E-state index >= 15 is 0 Å². The van der Waals surface area contributed by atoms with Gasteiger partial charge < -0.3 is 53.6 Å². The van der Waals surface area contributed by atoms with E-state index in [-0.39, 0.29) is 31.6 Å².